The van der Waals surface area contributed by atoms with Crippen LogP contribution in [0, 0.1) is 11.6 Å². The van der Waals surface area contributed by atoms with Crippen LogP contribution in [0.1, 0.15) is 12.8 Å². The van der Waals surface area contributed by atoms with E-state index in [1.165, 1.54) is 0 Å². The van der Waals surface area contributed by atoms with Gasteiger partial charge in [0.05, 0.1) is 10.2 Å². The average Bonchev–Trinajstić information content (AvgIpc) is 2.98. The third kappa shape index (κ3) is 2.69. The van der Waals surface area contributed by atoms with Crippen molar-refractivity contribution in [2.45, 2.75) is 18.9 Å². The van der Waals surface area contributed by atoms with Gasteiger partial charge in [-0.25, -0.2) is 13.6 Å². The Balaban J connectivity index is 2.07. The van der Waals surface area contributed by atoms with Crippen LogP contribution in [-0.2, 0) is 0 Å². The molecule has 1 saturated carbocycles. The fraction of sp³-hybridized carbons (Fsp3) is 0.300. The highest BCUT2D eigenvalue weighted by Crippen LogP contribution is 2.24. The zero-order chi connectivity index (χ0) is 11.7. The molecule has 2 N–H and O–H groups in total. The van der Waals surface area contributed by atoms with Gasteiger partial charge in [0.25, 0.3) is 0 Å². The first-order valence-electron chi connectivity index (χ1n) is 4.78. The van der Waals surface area contributed by atoms with E-state index in [1.54, 1.807) is 0 Å². The van der Waals surface area contributed by atoms with E-state index in [0.717, 1.165) is 25.0 Å². The molecular weight excluding hydrogens is 282 g/mol. The number of benzene rings is 1. The molecule has 0 aliphatic heterocycles. The van der Waals surface area contributed by atoms with E-state index >= 15 is 0 Å². The van der Waals surface area contributed by atoms with Crippen molar-refractivity contribution in [3.63, 3.8) is 0 Å². The molecule has 1 fully saturated rings. The molecule has 0 aromatic heterocycles. The standard InChI is InChI=1S/C10H9BrF2N2O/c11-6-3-8(13)9(4-7(6)12)15-10(16)14-5-1-2-5/h3-5H,1-2H2,(H2,14,15,16). The van der Waals surface area contributed by atoms with Crippen LogP contribution in [0.3, 0.4) is 0 Å². The second kappa shape index (κ2) is 4.37. The molecule has 0 spiro atoms. The third-order valence-corrected chi connectivity index (χ3v) is 2.78. The lowest BCUT2D eigenvalue weighted by atomic mass is 10.3. The highest BCUT2D eigenvalue weighted by atomic mass is 79.9. The fourth-order valence-electron chi connectivity index (χ4n) is 1.19. The minimum atomic E-state index is -0.681. The van der Waals surface area contributed by atoms with Crippen molar-refractivity contribution in [3.8, 4) is 0 Å². The number of hydrogen-bond donors (Lipinski definition) is 2. The molecule has 0 bridgehead atoms. The van der Waals surface area contributed by atoms with E-state index < -0.39 is 17.7 Å². The first-order valence-corrected chi connectivity index (χ1v) is 5.57. The molecule has 0 heterocycles. The van der Waals surface area contributed by atoms with Crippen molar-refractivity contribution in [1.29, 1.82) is 0 Å². The van der Waals surface area contributed by atoms with Crippen molar-refractivity contribution in [2.24, 2.45) is 0 Å². The van der Waals surface area contributed by atoms with Crippen LogP contribution in [0.15, 0.2) is 16.6 Å². The van der Waals surface area contributed by atoms with Crippen molar-refractivity contribution >= 4 is 27.6 Å². The Morgan fingerprint density at radius 1 is 1.31 bits per heavy atom. The Hall–Kier alpha value is -1.17. The maximum absolute atomic E-state index is 13.3. The topological polar surface area (TPSA) is 41.1 Å². The largest absolute Gasteiger partial charge is 0.335 e. The van der Waals surface area contributed by atoms with Crippen LogP contribution in [0.5, 0.6) is 0 Å². The molecule has 0 radical (unpaired) electrons. The van der Waals surface area contributed by atoms with E-state index in [-0.39, 0.29) is 16.2 Å². The Morgan fingerprint density at radius 3 is 2.62 bits per heavy atom. The Bertz CT molecular complexity index is 435. The highest BCUT2D eigenvalue weighted by molar-refractivity contribution is 9.10. The quantitative estimate of drug-likeness (QED) is 0.808. The van der Waals surface area contributed by atoms with Gasteiger partial charge in [0, 0.05) is 12.1 Å². The van der Waals surface area contributed by atoms with Crippen molar-refractivity contribution in [1.82, 2.24) is 5.32 Å². The van der Waals surface area contributed by atoms with Crippen molar-refractivity contribution in [3.05, 3.63) is 28.2 Å². The normalized spacial score (nSPS) is 14.7. The second-order valence-corrected chi connectivity index (χ2v) is 4.47. The predicted molar refractivity (Wildman–Crippen MR) is 59.2 cm³/mol. The van der Waals surface area contributed by atoms with Gasteiger partial charge in [-0.15, -0.1) is 0 Å². The number of hydrogen-bond acceptors (Lipinski definition) is 1. The van der Waals surface area contributed by atoms with E-state index in [2.05, 4.69) is 26.6 Å². The molecule has 1 aliphatic rings. The van der Waals surface area contributed by atoms with E-state index in [0.29, 0.717) is 0 Å². The lowest BCUT2D eigenvalue weighted by molar-refractivity contribution is 0.251. The number of urea groups is 1. The van der Waals surface area contributed by atoms with E-state index in [4.69, 9.17) is 0 Å². The fourth-order valence-corrected chi connectivity index (χ4v) is 1.51. The molecule has 2 amide bonds. The van der Waals surface area contributed by atoms with Gasteiger partial charge in [-0.2, -0.15) is 0 Å². The molecular formula is C10H9BrF2N2O. The van der Waals surface area contributed by atoms with Crippen molar-refractivity contribution < 1.29 is 13.6 Å². The molecule has 0 atom stereocenters. The summed E-state index contributed by atoms with van der Waals surface area (Å²) in [7, 11) is 0. The summed E-state index contributed by atoms with van der Waals surface area (Å²) >= 11 is 2.85. The number of halogens is 3. The van der Waals surface area contributed by atoms with Gasteiger partial charge in [-0.1, -0.05) is 0 Å². The van der Waals surface area contributed by atoms with Crippen LogP contribution in [0.25, 0.3) is 0 Å². The van der Waals surface area contributed by atoms with E-state index in [1.807, 2.05) is 0 Å². The molecule has 3 nitrogen and oxygen atoms in total. The van der Waals surface area contributed by atoms with Crippen LogP contribution >= 0.6 is 15.9 Å². The summed E-state index contributed by atoms with van der Waals surface area (Å²) < 4.78 is 26.4. The highest BCUT2D eigenvalue weighted by Gasteiger charge is 2.23. The monoisotopic (exact) mass is 290 g/mol. The minimum absolute atomic E-state index is 0.0261. The zero-order valence-electron chi connectivity index (χ0n) is 8.19. The summed E-state index contributed by atoms with van der Waals surface area (Å²) in [5, 5.41) is 4.88. The molecule has 16 heavy (non-hydrogen) atoms. The summed E-state index contributed by atoms with van der Waals surface area (Å²) in [6.45, 7) is 0. The maximum Gasteiger partial charge on any atom is 0.319 e. The first-order chi connectivity index (χ1) is 7.56. The Kier molecular flexibility index (Phi) is 3.09. The van der Waals surface area contributed by atoms with Crippen LogP contribution < -0.4 is 10.6 Å². The third-order valence-electron chi connectivity index (χ3n) is 2.17. The van der Waals surface area contributed by atoms with Gasteiger partial charge in [0.15, 0.2) is 0 Å². The van der Waals surface area contributed by atoms with Gasteiger partial charge >= 0.3 is 6.03 Å². The number of rotatable bonds is 2. The minimum Gasteiger partial charge on any atom is -0.335 e. The molecule has 1 aromatic rings. The smallest absolute Gasteiger partial charge is 0.319 e. The van der Waals surface area contributed by atoms with Crippen LogP contribution in [-0.4, -0.2) is 12.1 Å². The molecule has 2 rings (SSSR count). The molecule has 1 aromatic carbocycles. The molecule has 0 saturated heterocycles. The lowest BCUT2D eigenvalue weighted by Gasteiger charge is -2.08. The number of nitrogens with one attached hydrogen (secondary N) is 2. The Morgan fingerprint density at radius 2 is 2.00 bits per heavy atom. The Labute approximate surface area is 99.3 Å². The SMILES string of the molecule is O=C(Nc1cc(F)c(Br)cc1F)NC1CC1. The molecule has 86 valence electrons. The van der Waals surface area contributed by atoms with Gasteiger partial charge in [0.1, 0.15) is 11.6 Å². The zero-order valence-corrected chi connectivity index (χ0v) is 9.77. The first kappa shape index (κ1) is 11.3. The summed E-state index contributed by atoms with van der Waals surface area (Å²) in [6.07, 6.45) is 1.87. The lowest BCUT2D eigenvalue weighted by Crippen LogP contribution is -2.30. The number of amides is 2. The van der Waals surface area contributed by atoms with Gasteiger partial charge in [-0.3, -0.25) is 0 Å². The van der Waals surface area contributed by atoms with E-state index in [9.17, 15) is 13.6 Å². The number of carbonyl (C=O) groups is 1. The predicted octanol–water partition coefficient (Wildman–Crippen LogP) is 3.01. The maximum atomic E-state index is 13.3. The van der Waals surface area contributed by atoms with Crippen molar-refractivity contribution in [2.75, 3.05) is 5.32 Å². The van der Waals surface area contributed by atoms with Gasteiger partial charge in [-0.05, 0) is 34.8 Å². The molecule has 6 heteroatoms. The summed E-state index contributed by atoms with van der Waals surface area (Å²) in [4.78, 5) is 11.3. The second-order valence-electron chi connectivity index (χ2n) is 3.62. The van der Waals surface area contributed by atoms with Crippen LogP contribution in [0.4, 0.5) is 19.3 Å². The number of anilines is 1. The average molecular weight is 291 g/mol. The molecule has 1 aliphatic carbocycles. The van der Waals surface area contributed by atoms with Crippen LogP contribution in [0.2, 0.25) is 0 Å². The van der Waals surface area contributed by atoms with Gasteiger partial charge < -0.3 is 10.6 Å². The summed E-state index contributed by atoms with van der Waals surface area (Å²) in [6, 6.07) is 1.57. The molecule has 0 unspecified atom stereocenters. The summed E-state index contributed by atoms with van der Waals surface area (Å²) in [5.74, 6) is -1.30. The van der Waals surface area contributed by atoms with Gasteiger partial charge in [0.2, 0.25) is 0 Å². The number of carbonyl (C=O) groups excluding carboxylic acids is 1. The summed E-state index contributed by atoms with van der Waals surface area (Å²) in [5.41, 5.74) is -0.168.